The highest BCUT2D eigenvalue weighted by molar-refractivity contribution is 5.35. The van der Waals surface area contributed by atoms with E-state index in [1.807, 2.05) is 6.07 Å². The molecule has 0 aliphatic heterocycles. The maximum Gasteiger partial charge on any atom is 0.123 e. The van der Waals surface area contributed by atoms with Crippen LogP contribution in [0, 0.1) is 0 Å². The summed E-state index contributed by atoms with van der Waals surface area (Å²) >= 11 is 0. The Morgan fingerprint density at radius 3 is 2.29 bits per heavy atom. The SMILES string of the molecule is Oc1cccc(OC2Cc3ccccc3C2)c1. The number of aromatic hydroxyl groups is 1. The lowest BCUT2D eigenvalue weighted by molar-refractivity contribution is 0.213. The first-order chi connectivity index (χ1) is 8.31. The molecule has 0 unspecified atom stereocenters. The van der Waals surface area contributed by atoms with Crippen molar-refractivity contribution in [2.45, 2.75) is 18.9 Å². The summed E-state index contributed by atoms with van der Waals surface area (Å²) < 4.78 is 5.88. The summed E-state index contributed by atoms with van der Waals surface area (Å²) in [5.41, 5.74) is 2.75. The van der Waals surface area contributed by atoms with Crippen LogP contribution in [0.1, 0.15) is 11.1 Å². The van der Waals surface area contributed by atoms with Gasteiger partial charge in [0.1, 0.15) is 17.6 Å². The van der Waals surface area contributed by atoms with Crippen LogP contribution in [0.25, 0.3) is 0 Å². The molecular weight excluding hydrogens is 212 g/mol. The van der Waals surface area contributed by atoms with Gasteiger partial charge in [-0.3, -0.25) is 0 Å². The van der Waals surface area contributed by atoms with Gasteiger partial charge in [0.05, 0.1) is 0 Å². The van der Waals surface area contributed by atoms with Crippen molar-refractivity contribution in [2.75, 3.05) is 0 Å². The first-order valence-electron chi connectivity index (χ1n) is 5.84. The van der Waals surface area contributed by atoms with Crippen molar-refractivity contribution in [3.63, 3.8) is 0 Å². The Balaban J connectivity index is 1.74. The second-order valence-corrected chi connectivity index (χ2v) is 4.41. The standard InChI is InChI=1S/C15H14O2/c16-13-6-3-7-14(10-13)17-15-8-11-4-1-2-5-12(11)9-15/h1-7,10,15-16H,8-9H2. The smallest absolute Gasteiger partial charge is 0.123 e. The summed E-state index contributed by atoms with van der Waals surface area (Å²) in [6.45, 7) is 0. The molecule has 3 rings (SSSR count). The Bertz CT molecular complexity index is 509. The van der Waals surface area contributed by atoms with Crippen molar-refractivity contribution in [3.8, 4) is 11.5 Å². The van der Waals surface area contributed by atoms with Crippen LogP contribution < -0.4 is 4.74 Å². The summed E-state index contributed by atoms with van der Waals surface area (Å²) in [5.74, 6) is 0.987. The van der Waals surface area contributed by atoms with Crippen LogP contribution >= 0.6 is 0 Å². The van der Waals surface area contributed by atoms with Crippen LogP contribution in [0.4, 0.5) is 0 Å². The fourth-order valence-electron chi connectivity index (χ4n) is 2.35. The third-order valence-electron chi connectivity index (χ3n) is 3.13. The molecule has 2 aromatic rings. The molecular formula is C15H14O2. The molecule has 0 amide bonds. The Labute approximate surface area is 100 Å². The van der Waals surface area contributed by atoms with E-state index in [1.54, 1.807) is 18.2 Å². The lowest BCUT2D eigenvalue weighted by atomic mass is 10.1. The fourth-order valence-corrected chi connectivity index (χ4v) is 2.35. The van der Waals surface area contributed by atoms with Gasteiger partial charge >= 0.3 is 0 Å². The number of phenols is 1. The van der Waals surface area contributed by atoms with Gasteiger partial charge in [-0.25, -0.2) is 0 Å². The van der Waals surface area contributed by atoms with Crippen molar-refractivity contribution in [1.29, 1.82) is 0 Å². The molecule has 2 aromatic carbocycles. The molecule has 0 spiro atoms. The normalized spacial score (nSPS) is 14.6. The highest BCUT2D eigenvalue weighted by Crippen LogP contribution is 2.26. The average molecular weight is 226 g/mol. The van der Waals surface area contributed by atoms with Gasteiger partial charge in [-0.2, -0.15) is 0 Å². The number of benzene rings is 2. The highest BCUT2D eigenvalue weighted by Gasteiger charge is 2.22. The lowest BCUT2D eigenvalue weighted by Crippen LogP contribution is -2.16. The van der Waals surface area contributed by atoms with Crippen molar-refractivity contribution < 1.29 is 9.84 Å². The maximum atomic E-state index is 9.38. The molecule has 1 aliphatic carbocycles. The van der Waals surface area contributed by atoms with Crippen LogP contribution in [0.3, 0.4) is 0 Å². The Morgan fingerprint density at radius 1 is 0.941 bits per heavy atom. The number of rotatable bonds is 2. The van der Waals surface area contributed by atoms with E-state index in [9.17, 15) is 5.11 Å². The van der Waals surface area contributed by atoms with E-state index in [0.717, 1.165) is 18.6 Å². The zero-order chi connectivity index (χ0) is 11.7. The number of hydrogen-bond donors (Lipinski definition) is 1. The number of phenolic OH excluding ortho intramolecular Hbond substituents is 1. The monoisotopic (exact) mass is 226 g/mol. The Kier molecular flexibility index (Phi) is 2.48. The average Bonchev–Trinajstić information content (AvgIpc) is 2.71. The van der Waals surface area contributed by atoms with Gasteiger partial charge in [-0.1, -0.05) is 30.3 Å². The molecule has 0 atom stereocenters. The van der Waals surface area contributed by atoms with E-state index in [0.29, 0.717) is 0 Å². The molecule has 2 nitrogen and oxygen atoms in total. The summed E-state index contributed by atoms with van der Waals surface area (Å²) in [5, 5.41) is 9.38. The minimum Gasteiger partial charge on any atom is -0.508 e. The summed E-state index contributed by atoms with van der Waals surface area (Å²) in [7, 11) is 0. The third kappa shape index (κ3) is 2.11. The van der Waals surface area contributed by atoms with Crippen LogP contribution in [0.15, 0.2) is 48.5 Å². The zero-order valence-corrected chi connectivity index (χ0v) is 9.47. The van der Waals surface area contributed by atoms with Crippen molar-refractivity contribution in [1.82, 2.24) is 0 Å². The van der Waals surface area contributed by atoms with Gasteiger partial charge in [0.15, 0.2) is 0 Å². The van der Waals surface area contributed by atoms with Gasteiger partial charge in [0.25, 0.3) is 0 Å². The topological polar surface area (TPSA) is 29.5 Å². The lowest BCUT2D eigenvalue weighted by Gasteiger charge is -2.13. The zero-order valence-electron chi connectivity index (χ0n) is 9.47. The molecule has 1 N–H and O–H groups in total. The molecule has 0 aromatic heterocycles. The largest absolute Gasteiger partial charge is 0.508 e. The maximum absolute atomic E-state index is 9.38. The van der Waals surface area contributed by atoms with Crippen LogP contribution in [-0.4, -0.2) is 11.2 Å². The van der Waals surface area contributed by atoms with Crippen molar-refractivity contribution in [3.05, 3.63) is 59.7 Å². The number of hydrogen-bond acceptors (Lipinski definition) is 2. The molecule has 0 saturated carbocycles. The number of ether oxygens (including phenoxy) is 1. The van der Waals surface area contributed by atoms with Gasteiger partial charge in [0, 0.05) is 18.9 Å². The molecule has 86 valence electrons. The van der Waals surface area contributed by atoms with Gasteiger partial charge < -0.3 is 9.84 Å². The summed E-state index contributed by atoms with van der Waals surface area (Å²) in [4.78, 5) is 0. The Hall–Kier alpha value is -1.96. The van der Waals surface area contributed by atoms with Crippen molar-refractivity contribution in [2.24, 2.45) is 0 Å². The van der Waals surface area contributed by atoms with Crippen LogP contribution in [-0.2, 0) is 12.8 Å². The molecule has 0 bridgehead atoms. The summed E-state index contributed by atoms with van der Waals surface area (Å²) in [6, 6.07) is 15.4. The van der Waals surface area contributed by atoms with Crippen LogP contribution in [0.5, 0.6) is 11.5 Å². The fraction of sp³-hybridized carbons (Fsp3) is 0.200. The van der Waals surface area contributed by atoms with E-state index in [-0.39, 0.29) is 11.9 Å². The van der Waals surface area contributed by atoms with E-state index in [1.165, 1.54) is 11.1 Å². The minimum atomic E-state index is 0.189. The first kappa shape index (κ1) is 10.2. The minimum absolute atomic E-state index is 0.189. The van der Waals surface area contributed by atoms with Gasteiger partial charge in [-0.05, 0) is 23.3 Å². The first-order valence-corrected chi connectivity index (χ1v) is 5.84. The molecule has 1 aliphatic rings. The molecule has 0 heterocycles. The van der Waals surface area contributed by atoms with E-state index < -0.39 is 0 Å². The second-order valence-electron chi connectivity index (χ2n) is 4.41. The van der Waals surface area contributed by atoms with Crippen molar-refractivity contribution >= 4 is 0 Å². The molecule has 0 fully saturated rings. The highest BCUT2D eigenvalue weighted by atomic mass is 16.5. The molecule has 0 saturated heterocycles. The van der Waals surface area contributed by atoms with Crippen LogP contribution in [0.2, 0.25) is 0 Å². The summed E-state index contributed by atoms with van der Waals surface area (Å²) in [6.07, 6.45) is 2.09. The Morgan fingerprint density at radius 2 is 1.65 bits per heavy atom. The van der Waals surface area contributed by atoms with Gasteiger partial charge in [-0.15, -0.1) is 0 Å². The molecule has 17 heavy (non-hydrogen) atoms. The third-order valence-corrected chi connectivity index (χ3v) is 3.13. The predicted molar refractivity (Wildman–Crippen MR) is 66.4 cm³/mol. The van der Waals surface area contributed by atoms with E-state index >= 15 is 0 Å². The van der Waals surface area contributed by atoms with Gasteiger partial charge in [0.2, 0.25) is 0 Å². The second kappa shape index (κ2) is 4.13. The predicted octanol–water partition coefficient (Wildman–Crippen LogP) is 2.94. The van der Waals surface area contributed by atoms with E-state index in [2.05, 4.69) is 24.3 Å². The molecule has 2 heteroatoms. The molecule has 0 radical (unpaired) electrons. The quantitative estimate of drug-likeness (QED) is 0.853. The number of fused-ring (bicyclic) bond motifs is 1. The van der Waals surface area contributed by atoms with E-state index in [4.69, 9.17) is 4.74 Å².